The van der Waals surface area contributed by atoms with Gasteiger partial charge in [-0.1, -0.05) is 35.4 Å². The fraction of sp³-hybridized carbons (Fsp3) is 0.143. The molecule has 0 fully saturated rings. The number of carbonyl (C=O) groups is 1. The standard InChI is InChI=1S/C21H20N2O3S/c1-14-6-9-17(10-7-14)27(25,26)23-19-11-8-15(2)13-18(19)21(24)20-16(3)5-4-12-22-20/h4-13,23H,1-3H3. The second kappa shape index (κ2) is 7.32. The van der Waals surface area contributed by atoms with Gasteiger partial charge in [-0.05, 0) is 56.7 Å². The summed E-state index contributed by atoms with van der Waals surface area (Å²) in [6.45, 7) is 5.53. The summed E-state index contributed by atoms with van der Waals surface area (Å²) < 4.78 is 28.0. The molecule has 0 radical (unpaired) electrons. The van der Waals surface area contributed by atoms with Gasteiger partial charge in [-0.15, -0.1) is 0 Å². The maximum absolute atomic E-state index is 13.0. The minimum atomic E-state index is -3.81. The Morgan fingerprint density at radius 1 is 0.926 bits per heavy atom. The highest BCUT2D eigenvalue weighted by atomic mass is 32.2. The highest BCUT2D eigenvalue weighted by Crippen LogP contribution is 2.24. The van der Waals surface area contributed by atoms with Crippen LogP contribution in [0.4, 0.5) is 5.69 Å². The monoisotopic (exact) mass is 380 g/mol. The molecule has 1 heterocycles. The van der Waals surface area contributed by atoms with E-state index < -0.39 is 10.0 Å². The van der Waals surface area contributed by atoms with Gasteiger partial charge in [-0.2, -0.15) is 0 Å². The van der Waals surface area contributed by atoms with Crippen molar-refractivity contribution in [3.05, 3.63) is 88.7 Å². The fourth-order valence-corrected chi connectivity index (χ4v) is 3.79. The van der Waals surface area contributed by atoms with Crippen molar-refractivity contribution in [2.24, 2.45) is 0 Å². The van der Waals surface area contributed by atoms with Crippen molar-refractivity contribution in [2.75, 3.05) is 4.72 Å². The van der Waals surface area contributed by atoms with Crippen LogP contribution in [0.15, 0.2) is 65.7 Å². The molecule has 0 unspecified atom stereocenters. The second-order valence-corrected chi connectivity index (χ2v) is 8.15. The van der Waals surface area contributed by atoms with Crippen LogP contribution >= 0.6 is 0 Å². The highest BCUT2D eigenvalue weighted by Gasteiger charge is 2.21. The number of nitrogens with zero attached hydrogens (tertiary/aromatic N) is 1. The molecule has 0 aliphatic carbocycles. The first-order chi connectivity index (χ1) is 12.8. The van der Waals surface area contributed by atoms with Crippen LogP contribution in [0, 0.1) is 20.8 Å². The molecule has 3 aromatic rings. The van der Waals surface area contributed by atoms with E-state index in [2.05, 4.69) is 9.71 Å². The van der Waals surface area contributed by atoms with Gasteiger partial charge in [0.05, 0.1) is 10.6 Å². The van der Waals surface area contributed by atoms with E-state index in [0.717, 1.165) is 16.7 Å². The minimum Gasteiger partial charge on any atom is -0.287 e. The van der Waals surface area contributed by atoms with Gasteiger partial charge >= 0.3 is 0 Å². The Bertz CT molecular complexity index is 1100. The molecule has 138 valence electrons. The molecule has 0 aliphatic heterocycles. The van der Waals surface area contributed by atoms with Crippen LogP contribution in [0.25, 0.3) is 0 Å². The van der Waals surface area contributed by atoms with Crippen LogP contribution in [0.3, 0.4) is 0 Å². The van der Waals surface area contributed by atoms with Crippen molar-refractivity contribution in [1.82, 2.24) is 4.98 Å². The molecule has 0 spiro atoms. The van der Waals surface area contributed by atoms with Gasteiger partial charge in [0.15, 0.2) is 0 Å². The molecule has 6 heteroatoms. The molecule has 3 rings (SSSR count). The summed E-state index contributed by atoms with van der Waals surface area (Å²) >= 11 is 0. The van der Waals surface area contributed by atoms with Crippen molar-refractivity contribution < 1.29 is 13.2 Å². The lowest BCUT2D eigenvalue weighted by molar-refractivity contribution is 0.103. The number of rotatable bonds is 5. The average molecular weight is 380 g/mol. The molecule has 0 saturated heterocycles. The number of aryl methyl sites for hydroxylation is 3. The third kappa shape index (κ3) is 4.06. The van der Waals surface area contributed by atoms with Crippen LogP contribution in [-0.2, 0) is 10.0 Å². The van der Waals surface area contributed by atoms with Crippen molar-refractivity contribution in [2.45, 2.75) is 25.7 Å². The van der Waals surface area contributed by atoms with Gasteiger partial charge in [0, 0.05) is 11.8 Å². The summed E-state index contributed by atoms with van der Waals surface area (Å²) in [7, 11) is -3.81. The number of aromatic nitrogens is 1. The summed E-state index contributed by atoms with van der Waals surface area (Å²) in [5, 5.41) is 0. The molecule has 1 aromatic heterocycles. The number of pyridine rings is 1. The Hall–Kier alpha value is -2.99. The zero-order valence-electron chi connectivity index (χ0n) is 15.4. The predicted octanol–water partition coefficient (Wildman–Crippen LogP) is 4.04. The maximum atomic E-state index is 13.0. The first-order valence-corrected chi connectivity index (χ1v) is 9.93. The number of benzene rings is 2. The molecular weight excluding hydrogens is 360 g/mol. The molecule has 0 saturated carbocycles. The van der Waals surface area contributed by atoms with Gasteiger partial charge in [0.1, 0.15) is 5.69 Å². The molecule has 2 aromatic carbocycles. The van der Waals surface area contributed by atoms with Crippen LogP contribution in [0.5, 0.6) is 0 Å². The molecule has 0 atom stereocenters. The summed E-state index contributed by atoms with van der Waals surface area (Å²) in [6, 6.07) is 15.1. The van der Waals surface area contributed by atoms with E-state index in [0.29, 0.717) is 5.69 Å². The Balaban J connectivity index is 2.03. The Morgan fingerprint density at radius 2 is 1.59 bits per heavy atom. The zero-order chi connectivity index (χ0) is 19.6. The number of hydrogen-bond donors (Lipinski definition) is 1. The molecule has 0 aliphatic rings. The van der Waals surface area contributed by atoms with E-state index >= 15 is 0 Å². The topological polar surface area (TPSA) is 76.1 Å². The predicted molar refractivity (Wildman–Crippen MR) is 106 cm³/mol. The molecular formula is C21H20N2O3S. The lowest BCUT2D eigenvalue weighted by Gasteiger charge is -2.13. The number of sulfonamides is 1. The number of carbonyl (C=O) groups excluding carboxylic acids is 1. The Labute approximate surface area is 159 Å². The van der Waals surface area contributed by atoms with E-state index in [4.69, 9.17) is 0 Å². The molecule has 27 heavy (non-hydrogen) atoms. The van der Waals surface area contributed by atoms with Gasteiger partial charge < -0.3 is 0 Å². The Morgan fingerprint density at radius 3 is 2.26 bits per heavy atom. The zero-order valence-corrected chi connectivity index (χ0v) is 16.2. The molecule has 0 amide bonds. The van der Waals surface area contributed by atoms with E-state index in [1.807, 2.05) is 13.8 Å². The first-order valence-electron chi connectivity index (χ1n) is 8.44. The molecule has 0 bridgehead atoms. The van der Waals surface area contributed by atoms with E-state index in [9.17, 15) is 13.2 Å². The van der Waals surface area contributed by atoms with E-state index in [-0.39, 0.29) is 21.9 Å². The van der Waals surface area contributed by atoms with Crippen LogP contribution in [-0.4, -0.2) is 19.2 Å². The largest absolute Gasteiger partial charge is 0.287 e. The number of ketones is 1. The smallest absolute Gasteiger partial charge is 0.261 e. The van der Waals surface area contributed by atoms with Crippen molar-refractivity contribution in [3.8, 4) is 0 Å². The Kier molecular flexibility index (Phi) is 5.10. The van der Waals surface area contributed by atoms with Gasteiger partial charge in [0.25, 0.3) is 10.0 Å². The summed E-state index contributed by atoms with van der Waals surface area (Å²) in [4.78, 5) is 17.3. The third-order valence-electron chi connectivity index (χ3n) is 4.22. The average Bonchev–Trinajstić information content (AvgIpc) is 2.63. The van der Waals surface area contributed by atoms with Crippen molar-refractivity contribution in [3.63, 3.8) is 0 Å². The minimum absolute atomic E-state index is 0.140. The first kappa shape index (κ1) is 18.8. The van der Waals surface area contributed by atoms with Crippen LogP contribution in [0.1, 0.15) is 32.7 Å². The fourth-order valence-electron chi connectivity index (χ4n) is 2.71. The van der Waals surface area contributed by atoms with Gasteiger partial charge in [0.2, 0.25) is 5.78 Å². The van der Waals surface area contributed by atoms with E-state index in [1.54, 1.807) is 55.6 Å². The lowest BCUT2D eigenvalue weighted by Crippen LogP contribution is -2.17. The normalized spacial score (nSPS) is 11.2. The van der Waals surface area contributed by atoms with E-state index in [1.165, 1.54) is 12.1 Å². The van der Waals surface area contributed by atoms with Crippen LogP contribution in [0.2, 0.25) is 0 Å². The number of hydrogen-bond acceptors (Lipinski definition) is 4. The summed E-state index contributed by atoms with van der Waals surface area (Å²) in [6.07, 6.45) is 1.55. The second-order valence-electron chi connectivity index (χ2n) is 6.47. The van der Waals surface area contributed by atoms with Crippen molar-refractivity contribution in [1.29, 1.82) is 0 Å². The molecule has 5 nitrogen and oxygen atoms in total. The summed E-state index contributed by atoms with van der Waals surface area (Å²) in [5.41, 5.74) is 3.36. The van der Waals surface area contributed by atoms with Crippen LogP contribution < -0.4 is 4.72 Å². The van der Waals surface area contributed by atoms with Crippen molar-refractivity contribution >= 4 is 21.5 Å². The van der Waals surface area contributed by atoms with Gasteiger partial charge in [-0.3, -0.25) is 14.5 Å². The summed E-state index contributed by atoms with van der Waals surface area (Å²) in [5.74, 6) is -0.321. The molecule has 1 N–H and O–H groups in total. The highest BCUT2D eigenvalue weighted by molar-refractivity contribution is 7.92. The third-order valence-corrected chi connectivity index (χ3v) is 5.60. The number of anilines is 1. The quantitative estimate of drug-likeness (QED) is 0.678. The maximum Gasteiger partial charge on any atom is 0.261 e. The SMILES string of the molecule is Cc1ccc(S(=O)(=O)Nc2ccc(C)cc2C(=O)c2ncccc2C)cc1. The lowest BCUT2D eigenvalue weighted by atomic mass is 10.0. The van der Waals surface area contributed by atoms with Gasteiger partial charge in [-0.25, -0.2) is 8.42 Å². The number of nitrogens with one attached hydrogen (secondary N) is 1.